The molecule has 6 heteroatoms. The molecule has 0 aliphatic heterocycles. The Hall–Kier alpha value is -12.4. The maximum Gasteiger partial charge on any atom is 0.0715 e. The monoisotopic (exact) mass is 1200 g/mol. The number of pyridine rings is 2. The minimum absolute atomic E-state index is 0.155. The number of para-hydroxylation sites is 8. The Labute approximate surface area is 542 Å². The topological polar surface area (TPSA) is 45.5 Å². The highest BCUT2D eigenvalue weighted by Crippen LogP contribution is 2.41. The Morgan fingerprint density at radius 2 is 0.500 bits per heavy atom. The zero-order valence-corrected chi connectivity index (χ0v) is 51.2. The first kappa shape index (κ1) is 53.5. The first-order valence-electron chi connectivity index (χ1n) is 32.4. The molecule has 1 unspecified atom stereocenters. The zero-order chi connectivity index (χ0) is 61.8. The summed E-state index contributed by atoms with van der Waals surface area (Å²) in [5.74, 6) is 0. The maximum absolute atomic E-state index is 5.53. The molecule has 1 aliphatic rings. The molecule has 1 atom stereocenters. The molecule has 12 aromatic carbocycles. The summed E-state index contributed by atoms with van der Waals surface area (Å²) in [5.41, 5.74) is 25.2. The van der Waals surface area contributed by atoms with E-state index in [2.05, 4.69) is 352 Å². The van der Waals surface area contributed by atoms with Crippen LogP contribution in [0.15, 0.2) is 334 Å². The van der Waals surface area contributed by atoms with Gasteiger partial charge in [-0.25, -0.2) is 9.97 Å². The molecule has 0 spiro atoms. The van der Waals surface area contributed by atoms with Crippen molar-refractivity contribution < 1.29 is 0 Å². The SMILES string of the molecule is C1=CC(n2c3ccccc3c3ccccc32)CC=C1c1cc(-c2ccc(-c3cc(-c4ccc(-n5c6ccccc6c6ccccc65)cc4)nc(-c4ccc(-n5c6ccccc6c6ccccc65)cc4)c3)cc2)cc(-c2ccc(-n3c4ccccc4c4ccccc43)cc2)n1. The molecule has 0 N–H and O–H groups in total. The molecule has 0 radical (unpaired) electrons. The van der Waals surface area contributed by atoms with Crippen LogP contribution in [0.5, 0.6) is 0 Å². The van der Waals surface area contributed by atoms with Crippen LogP contribution in [-0.4, -0.2) is 28.2 Å². The largest absolute Gasteiger partial charge is 0.333 e. The second-order valence-corrected chi connectivity index (χ2v) is 24.8. The standard InChI is InChI=1S/C88H58N6/c1-9-25-81-69(17-1)70-18-2-10-26-82(70)91(81)65-45-37-59(38-46-65)77-53-63(54-78(89-77)60-39-47-66(48-40-60)92-83-27-11-3-19-71(83)72-20-4-12-28-84(72)92)57-33-35-58(36-34-57)64-55-79(61-41-49-67(50-42-61)93-85-29-13-5-21-73(85)74-22-6-14-30-86(74)93)90-80(56-64)62-43-51-68(52-44-62)94-87-31-15-7-23-75(87)76-24-8-16-32-88(76)94/h1-51,53-56,68H,52H2. The van der Waals surface area contributed by atoms with Gasteiger partial charge in [-0.1, -0.05) is 224 Å². The van der Waals surface area contributed by atoms with E-state index in [0.29, 0.717) is 0 Å². The Morgan fingerprint density at radius 3 is 0.798 bits per heavy atom. The van der Waals surface area contributed by atoms with Crippen molar-refractivity contribution in [3.63, 3.8) is 0 Å². The number of fused-ring (bicyclic) bond motifs is 12. The summed E-state index contributed by atoms with van der Waals surface area (Å²) in [4.78, 5) is 11.0. The highest BCUT2D eigenvalue weighted by molar-refractivity contribution is 6.12. The van der Waals surface area contributed by atoms with Crippen molar-refractivity contribution in [2.24, 2.45) is 0 Å². The average molecular weight is 1200 g/mol. The number of hydrogen-bond donors (Lipinski definition) is 0. The van der Waals surface area contributed by atoms with Gasteiger partial charge in [0, 0.05) is 87.9 Å². The predicted molar refractivity (Wildman–Crippen MR) is 392 cm³/mol. The smallest absolute Gasteiger partial charge is 0.0715 e. The summed E-state index contributed by atoms with van der Waals surface area (Å²) >= 11 is 0. The first-order valence-corrected chi connectivity index (χ1v) is 32.4. The summed E-state index contributed by atoms with van der Waals surface area (Å²) in [7, 11) is 0. The molecule has 6 aromatic heterocycles. The normalized spacial score (nSPS) is 13.4. The van der Waals surface area contributed by atoms with Gasteiger partial charge in [0.2, 0.25) is 0 Å². The number of hydrogen-bond acceptors (Lipinski definition) is 2. The lowest BCUT2D eigenvalue weighted by atomic mass is 9.94. The molecule has 0 amide bonds. The Morgan fingerprint density at radius 1 is 0.245 bits per heavy atom. The molecule has 1 aliphatic carbocycles. The van der Waals surface area contributed by atoms with E-state index < -0.39 is 0 Å². The van der Waals surface area contributed by atoms with Gasteiger partial charge in [-0.3, -0.25) is 0 Å². The Bertz CT molecular complexity index is 5720. The van der Waals surface area contributed by atoms with Gasteiger partial charge in [0.1, 0.15) is 0 Å². The molecule has 0 bridgehead atoms. The average Bonchev–Trinajstić information content (AvgIpc) is 1.55. The molecule has 6 heterocycles. The third-order valence-electron chi connectivity index (χ3n) is 19.5. The summed E-state index contributed by atoms with van der Waals surface area (Å²) < 4.78 is 9.62. The van der Waals surface area contributed by atoms with Gasteiger partial charge in [-0.15, -0.1) is 0 Å². The van der Waals surface area contributed by atoms with Crippen molar-refractivity contribution in [1.29, 1.82) is 0 Å². The number of nitrogens with zero attached hydrogens (tertiary/aromatic N) is 6. The molecule has 18 aromatic rings. The number of aromatic nitrogens is 6. The number of benzene rings is 12. The molecule has 6 nitrogen and oxygen atoms in total. The van der Waals surface area contributed by atoms with Crippen LogP contribution in [0.25, 0.3) is 166 Å². The highest BCUT2D eigenvalue weighted by Gasteiger charge is 2.22. The van der Waals surface area contributed by atoms with E-state index in [-0.39, 0.29) is 6.04 Å². The van der Waals surface area contributed by atoms with Crippen LogP contribution in [0.1, 0.15) is 18.2 Å². The second kappa shape index (κ2) is 21.7. The van der Waals surface area contributed by atoms with Crippen molar-refractivity contribution in [3.05, 3.63) is 339 Å². The van der Waals surface area contributed by atoms with Crippen molar-refractivity contribution in [2.45, 2.75) is 12.5 Å². The van der Waals surface area contributed by atoms with Crippen LogP contribution in [0, 0.1) is 0 Å². The van der Waals surface area contributed by atoms with Crippen LogP contribution in [0.2, 0.25) is 0 Å². The number of rotatable bonds is 10. The summed E-state index contributed by atoms with van der Waals surface area (Å²) in [5, 5.41) is 10.0. The minimum atomic E-state index is 0.155. The van der Waals surface area contributed by atoms with Gasteiger partial charge in [-0.2, -0.15) is 0 Å². The predicted octanol–water partition coefficient (Wildman–Crippen LogP) is 22.8. The molecule has 94 heavy (non-hydrogen) atoms. The lowest BCUT2D eigenvalue weighted by molar-refractivity contribution is 0.649. The van der Waals surface area contributed by atoms with E-state index in [9.17, 15) is 0 Å². The summed E-state index contributed by atoms with van der Waals surface area (Å²) in [6.45, 7) is 0. The molecule has 440 valence electrons. The quantitative estimate of drug-likeness (QED) is 0.137. The second-order valence-electron chi connectivity index (χ2n) is 24.8. The Kier molecular flexibility index (Phi) is 12.3. The van der Waals surface area contributed by atoms with Gasteiger partial charge in [0.25, 0.3) is 0 Å². The highest BCUT2D eigenvalue weighted by atomic mass is 15.0. The molecule has 19 rings (SSSR count). The third-order valence-corrected chi connectivity index (χ3v) is 19.5. The van der Waals surface area contributed by atoms with Gasteiger partial charge >= 0.3 is 0 Å². The molecule has 0 saturated heterocycles. The lowest BCUT2D eigenvalue weighted by Gasteiger charge is -2.21. The van der Waals surface area contributed by atoms with Crippen molar-refractivity contribution in [1.82, 2.24) is 28.2 Å². The lowest BCUT2D eigenvalue weighted by Crippen LogP contribution is -2.08. The van der Waals surface area contributed by atoms with Crippen molar-refractivity contribution >= 4 is 92.8 Å². The summed E-state index contributed by atoms with van der Waals surface area (Å²) in [6, 6.07) is 115. The minimum Gasteiger partial charge on any atom is -0.333 e. The van der Waals surface area contributed by atoms with Crippen LogP contribution in [0.4, 0.5) is 0 Å². The molecule has 0 saturated carbocycles. The van der Waals surface area contributed by atoms with Crippen LogP contribution in [-0.2, 0) is 0 Å². The van der Waals surface area contributed by atoms with Gasteiger partial charge in [-0.05, 0) is 143 Å². The van der Waals surface area contributed by atoms with Crippen LogP contribution in [0.3, 0.4) is 0 Å². The summed E-state index contributed by atoms with van der Waals surface area (Å²) in [6.07, 6.45) is 7.88. The van der Waals surface area contributed by atoms with Crippen LogP contribution < -0.4 is 0 Å². The fourth-order valence-corrected chi connectivity index (χ4v) is 15.1. The van der Waals surface area contributed by atoms with E-state index in [1.54, 1.807) is 0 Å². The molecular weight excluding hydrogens is 1140 g/mol. The van der Waals surface area contributed by atoms with E-state index in [1.807, 2.05) is 0 Å². The first-order chi connectivity index (χ1) is 46.6. The fourth-order valence-electron chi connectivity index (χ4n) is 15.1. The van der Waals surface area contributed by atoms with E-state index in [0.717, 1.165) is 90.8 Å². The number of allylic oxidation sites excluding steroid dienone is 4. The van der Waals surface area contributed by atoms with Crippen molar-refractivity contribution in [3.8, 4) is 73.1 Å². The van der Waals surface area contributed by atoms with E-state index in [4.69, 9.17) is 9.97 Å². The van der Waals surface area contributed by atoms with E-state index >= 15 is 0 Å². The molecular formula is C88H58N6. The van der Waals surface area contributed by atoms with Gasteiger partial charge in [0.05, 0.1) is 61.9 Å². The van der Waals surface area contributed by atoms with Crippen molar-refractivity contribution in [2.75, 3.05) is 0 Å². The fraction of sp³-hybridized carbons (Fsp3) is 0.0227. The maximum atomic E-state index is 5.53. The van der Waals surface area contributed by atoms with E-state index in [1.165, 1.54) is 87.2 Å². The third kappa shape index (κ3) is 8.72. The zero-order valence-electron chi connectivity index (χ0n) is 51.2. The molecule has 0 fully saturated rings. The van der Waals surface area contributed by atoms with Crippen LogP contribution >= 0.6 is 0 Å². The van der Waals surface area contributed by atoms with Gasteiger partial charge in [0.15, 0.2) is 0 Å². The van der Waals surface area contributed by atoms with Gasteiger partial charge < -0.3 is 18.3 Å². The Balaban J connectivity index is 0.709.